The van der Waals surface area contributed by atoms with E-state index in [0.29, 0.717) is 26.3 Å². The largest absolute Gasteiger partial charge is 0.379 e. The third-order valence-corrected chi connectivity index (χ3v) is 7.70. The second kappa shape index (κ2) is 9.92. The average Bonchev–Trinajstić information content (AvgIpc) is 3.12. The van der Waals surface area contributed by atoms with E-state index in [2.05, 4.69) is 34.2 Å². The van der Waals surface area contributed by atoms with Crippen LogP contribution in [0, 0.1) is 20.8 Å². The molecule has 1 aromatic heterocycles. The van der Waals surface area contributed by atoms with Gasteiger partial charge in [-0.05, 0) is 62.7 Å². The summed E-state index contributed by atoms with van der Waals surface area (Å²) in [6.07, 6.45) is 1.60. The van der Waals surface area contributed by atoms with Crippen LogP contribution in [-0.2, 0) is 14.8 Å². The van der Waals surface area contributed by atoms with Crippen molar-refractivity contribution in [3.63, 3.8) is 0 Å². The number of nitrogens with zero attached hydrogens (tertiary/aromatic N) is 3. The third kappa shape index (κ3) is 4.96. The molecule has 0 spiro atoms. The summed E-state index contributed by atoms with van der Waals surface area (Å²) in [6, 6.07) is 16.2. The molecular weight excluding hydrogens is 452 g/mol. The molecule has 0 aliphatic carbocycles. The summed E-state index contributed by atoms with van der Waals surface area (Å²) in [7, 11) is -3.69. The van der Waals surface area contributed by atoms with Gasteiger partial charge in [0, 0.05) is 41.3 Å². The molecule has 1 fully saturated rings. The van der Waals surface area contributed by atoms with E-state index in [0.717, 1.165) is 22.6 Å². The summed E-state index contributed by atoms with van der Waals surface area (Å²) in [4.78, 5) is 12.7. The lowest BCUT2D eigenvalue weighted by atomic mass is 10.2. The molecule has 1 amide bonds. The average molecular weight is 481 g/mol. The molecule has 8 nitrogen and oxygen atoms in total. The van der Waals surface area contributed by atoms with Crippen molar-refractivity contribution in [2.45, 2.75) is 25.7 Å². The Bertz CT molecular complexity index is 1340. The number of rotatable bonds is 6. The van der Waals surface area contributed by atoms with Gasteiger partial charge in [0.05, 0.1) is 24.3 Å². The van der Waals surface area contributed by atoms with Crippen molar-refractivity contribution in [1.82, 2.24) is 14.3 Å². The van der Waals surface area contributed by atoms with Gasteiger partial charge in [0.1, 0.15) is 0 Å². The zero-order valence-corrected chi connectivity index (χ0v) is 20.3. The molecule has 2 heterocycles. The van der Waals surface area contributed by atoms with E-state index in [4.69, 9.17) is 4.74 Å². The Morgan fingerprint density at radius 1 is 1.03 bits per heavy atom. The molecule has 4 rings (SSSR count). The van der Waals surface area contributed by atoms with Crippen molar-refractivity contribution in [2.75, 3.05) is 26.3 Å². The SMILES string of the molecule is Cc1cccc(-n2c(C)cc(/C=N/NC(=O)c3cccc(S(=O)(=O)N4CCOCC4)c3)c2C)c1. The monoisotopic (exact) mass is 480 g/mol. The Morgan fingerprint density at radius 2 is 1.76 bits per heavy atom. The van der Waals surface area contributed by atoms with Gasteiger partial charge in [-0.2, -0.15) is 9.41 Å². The Morgan fingerprint density at radius 3 is 2.50 bits per heavy atom. The topological polar surface area (TPSA) is 93.0 Å². The number of nitrogens with one attached hydrogen (secondary N) is 1. The number of hydrogen-bond acceptors (Lipinski definition) is 5. The summed E-state index contributed by atoms with van der Waals surface area (Å²) in [5, 5.41) is 4.11. The quantitative estimate of drug-likeness (QED) is 0.433. The molecule has 1 N–H and O–H groups in total. The second-order valence-corrected chi connectivity index (χ2v) is 10.2. The maximum atomic E-state index is 12.9. The fourth-order valence-corrected chi connectivity index (χ4v) is 5.50. The minimum absolute atomic E-state index is 0.0766. The van der Waals surface area contributed by atoms with Gasteiger partial charge in [0.25, 0.3) is 5.91 Å². The first-order valence-corrected chi connectivity index (χ1v) is 12.5. The van der Waals surface area contributed by atoms with Gasteiger partial charge >= 0.3 is 0 Å². The number of aryl methyl sites for hydroxylation is 2. The Balaban J connectivity index is 1.49. The van der Waals surface area contributed by atoms with Gasteiger partial charge in [-0.25, -0.2) is 13.8 Å². The molecule has 0 radical (unpaired) electrons. The minimum atomic E-state index is -3.69. The number of amides is 1. The van der Waals surface area contributed by atoms with Gasteiger partial charge in [0.2, 0.25) is 10.0 Å². The first-order chi connectivity index (χ1) is 16.3. The Kier molecular flexibility index (Phi) is 6.97. The van der Waals surface area contributed by atoms with Crippen LogP contribution in [0.3, 0.4) is 0 Å². The number of benzene rings is 2. The van der Waals surface area contributed by atoms with Crippen LogP contribution in [0.4, 0.5) is 0 Å². The third-order valence-electron chi connectivity index (χ3n) is 5.80. The van der Waals surface area contributed by atoms with E-state index in [-0.39, 0.29) is 10.5 Å². The fourth-order valence-electron chi connectivity index (χ4n) is 4.04. The number of aromatic nitrogens is 1. The van der Waals surface area contributed by atoms with Gasteiger partial charge in [-0.15, -0.1) is 0 Å². The molecule has 1 aliphatic heterocycles. The lowest BCUT2D eigenvalue weighted by Crippen LogP contribution is -2.40. The molecule has 0 unspecified atom stereocenters. The zero-order chi connectivity index (χ0) is 24.3. The molecule has 0 bridgehead atoms. The van der Waals surface area contributed by atoms with Crippen molar-refractivity contribution in [1.29, 1.82) is 0 Å². The van der Waals surface area contributed by atoms with E-state index in [9.17, 15) is 13.2 Å². The molecule has 9 heteroatoms. The van der Waals surface area contributed by atoms with Crippen LogP contribution in [-0.4, -0.2) is 55.7 Å². The predicted molar refractivity (Wildman–Crippen MR) is 131 cm³/mol. The summed E-state index contributed by atoms with van der Waals surface area (Å²) < 4.78 is 34.5. The first kappa shape index (κ1) is 23.9. The second-order valence-electron chi connectivity index (χ2n) is 8.24. The number of hydrazone groups is 1. The van der Waals surface area contributed by atoms with Gasteiger partial charge in [-0.1, -0.05) is 18.2 Å². The van der Waals surface area contributed by atoms with Crippen molar-refractivity contribution in [3.05, 3.63) is 82.7 Å². The summed E-state index contributed by atoms with van der Waals surface area (Å²) in [5.41, 5.74) is 7.89. The van der Waals surface area contributed by atoms with E-state index in [1.807, 2.05) is 32.0 Å². The summed E-state index contributed by atoms with van der Waals surface area (Å²) in [6.45, 7) is 7.38. The predicted octanol–water partition coefficient (Wildman–Crippen LogP) is 3.19. The molecular formula is C25H28N4O4S. The highest BCUT2D eigenvalue weighted by atomic mass is 32.2. The van der Waals surface area contributed by atoms with Crippen molar-refractivity contribution in [3.8, 4) is 5.69 Å². The summed E-state index contributed by atoms with van der Waals surface area (Å²) in [5.74, 6) is -0.484. The molecule has 178 valence electrons. The highest BCUT2D eigenvalue weighted by Crippen LogP contribution is 2.21. The first-order valence-electron chi connectivity index (χ1n) is 11.0. The lowest BCUT2D eigenvalue weighted by molar-refractivity contribution is 0.0730. The molecule has 3 aromatic rings. The van der Waals surface area contributed by atoms with Crippen LogP contribution in [0.5, 0.6) is 0 Å². The zero-order valence-electron chi connectivity index (χ0n) is 19.5. The van der Waals surface area contributed by atoms with E-state index in [1.165, 1.54) is 22.0 Å². The highest BCUT2D eigenvalue weighted by molar-refractivity contribution is 7.89. The lowest BCUT2D eigenvalue weighted by Gasteiger charge is -2.26. The van der Waals surface area contributed by atoms with E-state index < -0.39 is 15.9 Å². The number of ether oxygens (including phenoxy) is 1. The molecule has 0 saturated carbocycles. The van der Waals surface area contributed by atoms with Gasteiger partial charge < -0.3 is 9.30 Å². The Hall–Kier alpha value is -3.27. The molecule has 0 atom stereocenters. The van der Waals surface area contributed by atoms with Crippen LogP contribution in [0.1, 0.15) is 32.9 Å². The normalized spacial score (nSPS) is 15.0. The maximum absolute atomic E-state index is 12.9. The van der Waals surface area contributed by atoms with E-state index >= 15 is 0 Å². The maximum Gasteiger partial charge on any atom is 0.271 e. The minimum Gasteiger partial charge on any atom is -0.379 e. The van der Waals surface area contributed by atoms with Crippen LogP contribution >= 0.6 is 0 Å². The number of carbonyl (C=O) groups is 1. The Labute approximate surface area is 199 Å². The number of sulfonamides is 1. The number of carbonyl (C=O) groups excluding carboxylic acids is 1. The van der Waals surface area contributed by atoms with Crippen molar-refractivity contribution >= 4 is 22.1 Å². The van der Waals surface area contributed by atoms with Crippen LogP contribution in [0.2, 0.25) is 0 Å². The van der Waals surface area contributed by atoms with Crippen molar-refractivity contribution in [2.24, 2.45) is 5.10 Å². The van der Waals surface area contributed by atoms with E-state index in [1.54, 1.807) is 18.3 Å². The molecule has 34 heavy (non-hydrogen) atoms. The number of hydrogen-bond donors (Lipinski definition) is 1. The molecule has 2 aromatic carbocycles. The standard InChI is InChI=1S/C25H28N4O4S/c1-18-6-4-8-23(14-18)29-19(2)15-22(20(29)3)17-26-27-25(30)21-7-5-9-24(16-21)34(31,32)28-10-12-33-13-11-28/h4-9,14-17H,10-13H2,1-3H3,(H,27,30)/b26-17+. The van der Waals surface area contributed by atoms with Gasteiger partial charge in [0.15, 0.2) is 0 Å². The van der Waals surface area contributed by atoms with Crippen LogP contribution < -0.4 is 5.43 Å². The van der Waals surface area contributed by atoms with Gasteiger partial charge in [-0.3, -0.25) is 4.79 Å². The van der Waals surface area contributed by atoms with Crippen molar-refractivity contribution < 1.29 is 17.9 Å². The highest BCUT2D eigenvalue weighted by Gasteiger charge is 2.26. The van der Waals surface area contributed by atoms with Crippen LogP contribution in [0.25, 0.3) is 5.69 Å². The smallest absolute Gasteiger partial charge is 0.271 e. The molecule has 1 saturated heterocycles. The van der Waals surface area contributed by atoms with Crippen LogP contribution in [0.15, 0.2) is 64.6 Å². The number of morpholine rings is 1. The molecule has 1 aliphatic rings. The summed E-state index contributed by atoms with van der Waals surface area (Å²) >= 11 is 0. The fraction of sp³-hybridized carbons (Fsp3) is 0.280.